The number of fused-ring (bicyclic) bond motifs is 2. The van der Waals surface area contributed by atoms with Gasteiger partial charge in [-0.05, 0) is 79.9 Å². The predicted molar refractivity (Wildman–Crippen MR) is 142 cm³/mol. The number of benzene rings is 3. The number of H-pyrrole nitrogens is 1. The monoisotopic (exact) mass is 450 g/mol. The Labute approximate surface area is 200 Å². The van der Waals surface area contributed by atoms with Crippen LogP contribution in [0.25, 0.3) is 44.2 Å². The van der Waals surface area contributed by atoms with E-state index in [0.717, 1.165) is 11.4 Å². The van der Waals surface area contributed by atoms with Gasteiger partial charge in [-0.3, -0.25) is 4.98 Å². The van der Waals surface area contributed by atoms with E-state index < -0.39 is 0 Å². The predicted octanol–water partition coefficient (Wildman–Crippen LogP) is 8.78. The van der Waals surface area contributed by atoms with Gasteiger partial charge in [0.2, 0.25) is 0 Å². The lowest BCUT2D eigenvalue weighted by Gasteiger charge is -2.22. The molecule has 0 atom stereocenters. The highest BCUT2D eigenvalue weighted by Crippen LogP contribution is 2.40. The number of pyridine rings is 1. The lowest BCUT2D eigenvalue weighted by atomic mass is 9.82. The van der Waals surface area contributed by atoms with Gasteiger partial charge in [-0.15, -0.1) is 0 Å². The molecule has 5 rings (SSSR count). The fraction of sp³-hybridized carbons (Fsp3) is 0.258. The van der Waals surface area contributed by atoms with Crippen molar-refractivity contribution < 1.29 is 4.39 Å². The SMILES string of the molecule is CC(C)(C)c1ccc2cc3ccc(C(C)(C)C)cc3c(-c3ccc(-c4cc(F)ccn4)[nH]3)c2c1. The molecule has 3 heteroatoms. The quantitative estimate of drug-likeness (QED) is 0.267. The average molecular weight is 451 g/mol. The molecule has 0 aliphatic carbocycles. The fourth-order valence-electron chi connectivity index (χ4n) is 4.58. The third-order valence-electron chi connectivity index (χ3n) is 6.64. The van der Waals surface area contributed by atoms with E-state index in [4.69, 9.17) is 0 Å². The summed E-state index contributed by atoms with van der Waals surface area (Å²) in [7, 11) is 0. The maximum Gasteiger partial charge on any atom is 0.126 e. The minimum atomic E-state index is -0.290. The highest BCUT2D eigenvalue weighted by atomic mass is 19.1. The Morgan fingerprint density at radius 1 is 0.647 bits per heavy atom. The van der Waals surface area contributed by atoms with Gasteiger partial charge in [0.15, 0.2) is 0 Å². The zero-order valence-electron chi connectivity index (χ0n) is 20.8. The summed E-state index contributed by atoms with van der Waals surface area (Å²) in [6, 6.07) is 22.8. The van der Waals surface area contributed by atoms with E-state index in [1.165, 1.54) is 56.6 Å². The highest BCUT2D eigenvalue weighted by molar-refractivity contribution is 6.12. The average Bonchev–Trinajstić information content (AvgIpc) is 3.25. The van der Waals surface area contributed by atoms with Crippen molar-refractivity contribution in [3.8, 4) is 22.6 Å². The standard InChI is InChI=1S/C31H31FN2/c1-30(2,3)21-9-7-19-15-20-8-10-22(31(4,5)6)17-25(20)29(24(19)16-21)27-12-11-26(34-27)28-18-23(32)13-14-33-28/h7-18,34H,1-6H3. The van der Waals surface area contributed by atoms with Gasteiger partial charge in [0.1, 0.15) is 5.82 Å². The van der Waals surface area contributed by atoms with Crippen LogP contribution in [0.2, 0.25) is 0 Å². The largest absolute Gasteiger partial charge is 0.353 e. The smallest absolute Gasteiger partial charge is 0.126 e. The maximum atomic E-state index is 13.9. The molecule has 0 saturated heterocycles. The van der Waals surface area contributed by atoms with Gasteiger partial charge in [0, 0.05) is 23.5 Å². The molecule has 0 amide bonds. The summed E-state index contributed by atoms with van der Waals surface area (Å²) in [4.78, 5) is 7.91. The summed E-state index contributed by atoms with van der Waals surface area (Å²) in [5.74, 6) is -0.290. The van der Waals surface area contributed by atoms with E-state index in [1.54, 1.807) is 0 Å². The Bertz CT molecular complexity index is 1460. The molecule has 0 spiro atoms. The molecule has 3 aromatic carbocycles. The molecule has 0 aliphatic rings. The molecule has 0 unspecified atom stereocenters. The summed E-state index contributed by atoms with van der Waals surface area (Å²) < 4.78 is 13.9. The fourth-order valence-corrected chi connectivity index (χ4v) is 4.58. The third kappa shape index (κ3) is 4.00. The lowest BCUT2D eigenvalue weighted by Crippen LogP contribution is -2.11. The first-order valence-corrected chi connectivity index (χ1v) is 11.8. The van der Waals surface area contributed by atoms with E-state index >= 15 is 0 Å². The summed E-state index contributed by atoms with van der Waals surface area (Å²) in [6.07, 6.45) is 1.50. The number of aromatic amines is 1. The van der Waals surface area contributed by atoms with Crippen LogP contribution in [0.15, 0.2) is 72.9 Å². The molecule has 5 aromatic rings. The summed E-state index contributed by atoms with van der Waals surface area (Å²) in [6.45, 7) is 13.5. The van der Waals surface area contributed by atoms with Crippen LogP contribution in [0, 0.1) is 5.82 Å². The van der Waals surface area contributed by atoms with Crippen LogP contribution in [-0.2, 0) is 10.8 Å². The first-order valence-electron chi connectivity index (χ1n) is 11.8. The molecule has 0 aliphatic heterocycles. The van der Waals surface area contributed by atoms with E-state index in [0.29, 0.717) is 5.69 Å². The lowest BCUT2D eigenvalue weighted by molar-refractivity contribution is 0.591. The van der Waals surface area contributed by atoms with Gasteiger partial charge < -0.3 is 4.98 Å². The van der Waals surface area contributed by atoms with Crippen LogP contribution in [-0.4, -0.2) is 9.97 Å². The summed E-state index contributed by atoms with van der Waals surface area (Å²) in [5, 5.41) is 4.84. The van der Waals surface area contributed by atoms with Gasteiger partial charge in [0.25, 0.3) is 0 Å². The number of rotatable bonds is 2. The van der Waals surface area contributed by atoms with Crippen LogP contribution < -0.4 is 0 Å². The molecule has 1 N–H and O–H groups in total. The summed E-state index contributed by atoms with van der Waals surface area (Å²) >= 11 is 0. The van der Waals surface area contributed by atoms with E-state index in [1.807, 2.05) is 6.07 Å². The Kier molecular flexibility index (Phi) is 5.12. The molecule has 2 nitrogen and oxygen atoms in total. The first kappa shape index (κ1) is 22.3. The van der Waals surface area contributed by atoms with Crippen LogP contribution in [0.4, 0.5) is 4.39 Å². The minimum Gasteiger partial charge on any atom is -0.353 e. The van der Waals surface area contributed by atoms with Gasteiger partial charge in [0.05, 0.1) is 11.4 Å². The number of hydrogen-bond acceptors (Lipinski definition) is 1. The molecule has 0 saturated carbocycles. The maximum absolute atomic E-state index is 13.9. The Morgan fingerprint density at radius 2 is 1.21 bits per heavy atom. The third-order valence-corrected chi connectivity index (χ3v) is 6.64. The number of nitrogens with zero attached hydrogens (tertiary/aromatic N) is 1. The van der Waals surface area contributed by atoms with Crippen LogP contribution in [0.3, 0.4) is 0 Å². The number of aromatic nitrogens is 2. The summed E-state index contributed by atoms with van der Waals surface area (Å²) in [5.41, 5.74) is 6.26. The second-order valence-electron chi connectivity index (χ2n) is 11.3. The van der Waals surface area contributed by atoms with E-state index in [-0.39, 0.29) is 16.6 Å². The molecule has 34 heavy (non-hydrogen) atoms. The topological polar surface area (TPSA) is 28.7 Å². The molecule has 2 heterocycles. The van der Waals surface area contributed by atoms with Gasteiger partial charge >= 0.3 is 0 Å². The second-order valence-corrected chi connectivity index (χ2v) is 11.3. The van der Waals surface area contributed by atoms with Crippen LogP contribution in [0.1, 0.15) is 52.7 Å². The molecule has 0 bridgehead atoms. The zero-order chi connectivity index (χ0) is 24.3. The Balaban J connectivity index is 1.84. The number of nitrogens with one attached hydrogen (secondary N) is 1. The van der Waals surface area contributed by atoms with Crippen molar-refractivity contribution >= 4 is 21.5 Å². The molecule has 0 fully saturated rings. The Hall–Kier alpha value is -3.46. The Morgan fingerprint density at radius 3 is 1.74 bits per heavy atom. The zero-order valence-corrected chi connectivity index (χ0v) is 20.8. The molecule has 2 aromatic heterocycles. The first-order chi connectivity index (χ1) is 16.0. The highest BCUT2D eigenvalue weighted by Gasteiger charge is 2.20. The van der Waals surface area contributed by atoms with Crippen LogP contribution >= 0.6 is 0 Å². The van der Waals surface area contributed by atoms with Crippen molar-refractivity contribution in [1.29, 1.82) is 0 Å². The number of hydrogen-bond donors (Lipinski definition) is 1. The van der Waals surface area contributed by atoms with Gasteiger partial charge in [-0.2, -0.15) is 0 Å². The van der Waals surface area contributed by atoms with Crippen molar-refractivity contribution in [2.75, 3.05) is 0 Å². The molecular formula is C31H31FN2. The van der Waals surface area contributed by atoms with Crippen molar-refractivity contribution in [2.45, 2.75) is 52.4 Å². The van der Waals surface area contributed by atoms with Crippen molar-refractivity contribution in [1.82, 2.24) is 9.97 Å². The van der Waals surface area contributed by atoms with E-state index in [9.17, 15) is 4.39 Å². The molecule has 0 radical (unpaired) electrons. The van der Waals surface area contributed by atoms with Crippen molar-refractivity contribution in [3.05, 3.63) is 89.9 Å². The van der Waals surface area contributed by atoms with Crippen molar-refractivity contribution in [3.63, 3.8) is 0 Å². The van der Waals surface area contributed by atoms with E-state index in [2.05, 4.69) is 100 Å². The van der Waals surface area contributed by atoms with Gasteiger partial charge in [-0.25, -0.2) is 4.39 Å². The molecular weight excluding hydrogens is 419 g/mol. The normalized spacial score (nSPS) is 12.6. The van der Waals surface area contributed by atoms with Crippen molar-refractivity contribution in [2.24, 2.45) is 0 Å². The minimum absolute atomic E-state index is 0.0417. The van der Waals surface area contributed by atoms with Crippen LogP contribution in [0.5, 0.6) is 0 Å². The number of halogens is 1. The van der Waals surface area contributed by atoms with Gasteiger partial charge in [-0.1, -0.05) is 65.8 Å². The second kappa shape index (κ2) is 7.80. The molecule has 172 valence electrons.